The average molecular weight is 545 g/mol. The molecule has 8 aliphatic carbocycles. The second-order valence-corrected chi connectivity index (χ2v) is 14.5. The summed E-state index contributed by atoms with van der Waals surface area (Å²) < 4.78 is 39.9. The molecule has 0 aromatic heterocycles. The van der Waals surface area contributed by atoms with E-state index >= 15 is 0 Å². The number of ether oxygens (including phenoxy) is 6. The zero-order valence-electron chi connectivity index (χ0n) is 22.5. The maximum atomic E-state index is 13.0. The first-order valence-electron chi connectivity index (χ1n) is 15.3. The van der Waals surface area contributed by atoms with E-state index in [0.717, 1.165) is 51.4 Å². The molecule has 16 atom stereocenters. The summed E-state index contributed by atoms with van der Waals surface area (Å²) in [5.74, 6) is -1.79. The first-order valence-corrected chi connectivity index (χ1v) is 15.3. The Labute approximate surface area is 228 Å². The Bertz CT molecular complexity index is 1070. The predicted octanol–water partition coefficient (Wildman–Crippen LogP) is 2.28. The van der Waals surface area contributed by atoms with E-state index < -0.39 is 53.9 Å². The minimum atomic E-state index is -1.36. The predicted molar refractivity (Wildman–Crippen MR) is 132 cm³/mol. The highest BCUT2D eigenvalue weighted by atomic mass is 16.9. The molecule has 3 saturated heterocycles. The molecule has 3 heterocycles. The molecule has 9 nitrogen and oxygen atoms in total. The Morgan fingerprint density at radius 1 is 0.846 bits per heavy atom. The lowest BCUT2D eigenvalue weighted by atomic mass is 9.52. The summed E-state index contributed by atoms with van der Waals surface area (Å²) in [6.45, 7) is 5.74. The van der Waals surface area contributed by atoms with Crippen LogP contribution in [-0.2, 0) is 33.2 Å². The minimum absolute atomic E-state index is 0.0927. The van der Waals surface area contributed by atoms with Crippen LogP contribution in [0.5, 0.6) is 0 Å². The summed E-state index contributed by atoms with van der Waals surface area (Å²) in [5.41, 5.74) is 0.282. The molecule has 3 spiro atoms. The van der Waals surface area contributed by atoms with Gasteiger partial charge in [-0.3, -0.25) is 0 Å². The van der Waals surface area contributed by atoms with Gasteiger partial charge in [-0.1, -0.05) is 6.58 Å². The van der Waals surface area contributed by atoms with Crippen molar-refractivity contribution in [2.75, 3.05) is 13.2 Å². The molecule has 39 heavy (non-hydrogen) atoms. The van der Waals surface area contributed by atoms with Gasteiger partial charge >= 0.3 is 5.97 Å². The van der Waals surface area contributed by atoms with Crippen molar-refractivity contribution in [3.8, 4) is 0 Å². The molecule has 214 valence electrons. The molecule has 2 N–H and O–H groups in total. The Morgan fingerprint density at radius 2 is 1.49 bits per heavy atom. The van der Waals surface area contributed by atoms with Crippen LogP contribution in [0, 0.1) is 47.3 Å². The molecule has 11 fully saturated rings. The van der Waals surface area contributed by atoms with E-state index in [9.17, 15) is 15.0 Å². The fraction of sp³-hybridized carbons (Fsp3) is 0.900. The first kappa shape index (κ1) is 24.5. The molecule has 12 unspecified atom stereocenters. The van der Waals surface area contributed by atoms with Gasteiger partial charge in [0, 0.05) is 29.2 Å². The van der Waals surface area contributed by atoms with Gasteiger partial charge in [0.05, 0.1) is 18.8 Å². The van der Waals surface area contributed by atoms with Crippen LogP contribution in [0.1, 0.15) is 58.3 Å². The highest BCUT2D eigenvalue weighted by Crippen LogP contribution is 2.66. The van der Waals surface area contributed by atoms with Gasteiger partial charge in [0.1, 0.15) is 18.8 Å². The van der Waals surface area contributed by atoms with Crippen molar-refractivity contribution < 1.29 is 43.4 Å². The van der Waals surface area contributed by atoms with E-state index in [4.69, 9.17) is 28.4 Å². The summed E-state index contributed by atoms with van der Waals surface area (Å²) in [6, 6.07) is 0. The molecule has 0 aromatic rings. The molecule has 8 saturated carbocycles. The topological polar surface area (TPSA) is 113 Å². The number of esters is 1. The summed E-state index contributed by atoms with van der Waals surface area (Å²) in [7, 11) is 0. The Morgan fingerprint density at radius 3 is 2.15 bits per heavy atom. The Kier molecular flexibility index (Phi) is 4.94. The molecule has 11 rings (SSSR count). The lowest BCUT2D eigenvalue weighted by Crippen LogP contribution is -2.67. The quantitative estimate of drug-likeness (QED) is 0.399. The minimum Gasteiger partial charge on any atom is -0.450 e. The number of carbonyl (C=O) groups is 1. The maximum Gasteiger partial charge on any atom is 0.333 e. The maximum absolute atomic E-state index is 13.0. The smallest absolute Gasteiger partial charge is 0.333 e. The molecule has 0 radical (unpaired) electrons. The van der Waals surface area contributed by atoms with E-state index in [2.05, 4.69) is 6.58 Å². The van der Waals surface area contributed by atoms with Crippen LogP contribution < -0.4 is 0 Å². The molecule has 3 aliphatic heterocycles. The monoisotopic (exact) mass is 544 g/mol. The van der Waals surface area contributed by atoms with Gasteiger partial charge in [-0.05, 0) is 82.0 Å². The van der Waals surface area contributed by atoms with Crippen molar-refractivity contribution >= 4 is 5.97 Å². The lowest BCUT2D eigenvalue weighted by Gasteiger charge is -2.60. The van der Waals surface area contributed by atoms with E-state index in [-0.39, 0.29) is 42.5 Å². The first-order chi connectivity index (χ1) is 18.7. The second kappa shape index (κ2) is 7.85. The Hall–Kier alpha value is -1.07. The van der Waals surface area contributed by atoms with Crippen LogP contribution in [0.3, 0.4) is 0 Å². The number of hydrogen-bond donors (Lipinski definition) is 2. The number of hydrogen-bond acceptors (Lipinski definition) is 9. The standard InChI is InChI=1S/C30H40O9/c1-13(2)27(33)36-26-25-22(37-30(38-25)19-6-15-4-17(10-19)24(32)21(30)8-15)11-34-28(26)12-35-29(39-28)18-5-14-3-16(9-18)23(31)20(29)7-14/h14-26,31-32H,1,3-12H2,2H3/t14?,15?,16?,17?,18?,19?,20?,21?,22-,23?,24?,25-,26+,28+,29?,30?/m1/s1. The fourth-order valence-corrected chi connectivity index (χ4v) is 11.1. The van der Waals surface area contributed by atoms with Crippen molar-refractivity contribution in [3.63, 3.8) is 0 Å². The van der Waals surface area contributed by atoms with Crippen molar-refractivity contribution in [3.05, 3.63) is 12.2 Å². The van der Waals surface area contributed by atoms with E-state index in [0.29, 0.717) is 23.7 Å². The van der Waals surface area contributed by atoms with Crippen LogP contribution in [-0.4, -0.2) is 77.3 Å². The highest BCUT2D eigenvalue weighted by molar-refractivity contribution is 5.87. The SMILES string of the molecule is C=C(C)C(=O)O[C@H]1[C@@H]2OC3(O[C@@H]2CO[C@]12COC1(O2)C2CC4CC(C2)C(O)C1C4)C1CC2CC(C1)C(O)C3C2. The Balaban J connectivity index is 1.07. The molecular formula is C30H40O9. The van der Waals surface area contributed by atoms with Gasteiger partial charge < -0.3 is 38.6 Å². The van der Waals surface area contributed by atoms with Crippen molar-refractivity contribution in [1.82, 2.24) is 0 Å². The van der Waals surface area contributed by atoms with Crippen LogP contribution in [0.25, 0.3) is 0 Å². The van der Waals surface area contributed by atoms with Crippen LogP contribution >= 0.6 is 0 Å². The van der Waals surface area contributed by atoms with Gasteiger partial charge in [0.25, 0.3) is 0 Å². The normalized spacial score (nSPS) is 61.5. The van der Waals surface area contributed by atoms with Gasteiger partial charge in [-0.2, -0.15) is 0 Å². The van der Waals surface area contributed by atoms with E-state index in [1.807, 2.05) is 0 Å². The van der Waals surface area contributed by atoms with Crippen LogP contribution in [0.15, 0.2) is 12.2 Å². The molecule has 8 bridgehead atoms. The largest absolute Gasteiger partial charge is 0.450 e. The van der Waals surface area contributed by atoms with Crippen molar-refractivity contribution in [1.29, 1.82) is 0 Å². The third-order valence-electron chi connectivity index (χ3n) is 12.5. The number of aliphatic hydroxyl groups excluding tert-OH is 2. The summed E-state index contributed by atoms with van der Waals surface area (Å²) in [4.78, 5) is 13.0. The molecule has 0 aromatic carbocycles. The molecular weight excluding hydrogens is 504 g/mol. The molecule has 0 amide bonds. The third-order valence-corrected chi connectivity index (χ3v) is 12.5. The van der Waals surface area contributed by atoms with Crippen molar-refractivity contribution in [2.24, 2.45) is 47.3 Å². The molecule has 9 heteroatoms. The van der Waals surface area contributed by atoms with E-state index in [1.54, 1.807) is 6.92 Å². The zero-order chi connectivity index (χ0) is 26.5. The zero-order valence-corrected chi connectivity index (χ0v) is 22.5. The second-order valence-electron chi connectivity index (χ2n) is 14.5. The lowest BCUT2D eigenvalue weighted by molar-refractivity contribution is -0.380. The number of rotatable bonds is 2. The van der Waals surface area contributed by atoms with Crippen molar-refractivity contribution in [2.45, 2.75) is 106 Å². The van der Waals surface area contributed by atoms with Gasteiger partial charge in [0.15, 0.2) is 17.7 Å². The fourth-order valence-electron chi connectivity index (χ4n) is 11.1. The van der Waals surface area contributed by atoms with Crippen LogP contribution in [0.4, 0.5) is 0 Å². The number of carbonyl (C=O) groups excluding carboxylic acids is 1. The number of aliphatic hydroxyl groups is 2. The van der Waals surface area contributed by atoms with Gasteiger partial charge in [-0.15, -0.1) is 0 Å². The summed E-state index contributed by atoms with van der Waals surface area (Å²) >= 11 is 0. The van der Waals surface area contributed by atoms with Gasteiger partial charge in [-0.25, -0.2) is 4.79 Å². The van der Waals surface area contributed by atoms with Gasteiger partial charge in [0.2, 0.25) is 5.79 Å². The number of fused-ring (bicyclic) bond motifs is 1. The average Bonchev–Trinajstić information content (AvgIpc) is 3.49. The van der Waals surface area contributed by atoms with Crippen LogP contribution in [0.2, 0.25) is 0 Å². The summed E-state index contributed by atoms with van der Waals surface area (Å²) in [5, 5.41) is 22.4. The molecule has 11 aliphatic rings. The highest BCUT2D eigenvalue weighted by Gasteiger charge is 2.75. The van der Waals surface area contributed by atoms with E-state index in [1.165, 1.54) is 0 Å². The third kappa shape index (κ3) is 3.03. The summed E-state index contributed by atoms with van der Waals surface area (Å²) in [6.07, 6.45) is 4.84.